The number of primary amides is 1. The summed E-state index contributed by atoms with van der Waals surface area (Å²) in [4.78, 5) is 33.1. The van der Waals surface area contributed by atoms with Gasteiger partial charge >= 0.3 is 0 Å². The number of carbonyl (C=O) groups excluding carboxylic acids is 1. The summed E-state index contributed by atoms with van der Waals surface area (Å²) in [6.45, 7) is 0. The van der Waals surface area contributed by atoms with Crippen molar-refractivity contribution in [2.45, 2.75) is 0 Å². The van der Waals surface area contributed by atoms with E-state index in [1.807, 2.05) is 0 Å². The smallest absolute Gasteiger partial charge is 0.252 e. The summed E-state index contributed by atoms with van der Waals surface area (Å²) in [6, 6.07) is 1.70. The van der Waals surface area contributed by atoms with Crippen molar-refractivity contribution in [3.63, 3.8) is 0 Å². The predicted molar refractivity (Wildman–Crippen MR) is 74.7 cm³/mol. The number of nitrogens with one attached hydrogen (secondary N) is 1. The Labute approximate surface area is 118 Å². The zero-order chi connectivity index (χ0) is 14.4. The van der Waals surface area contributed by atoms with Crippen LogP contribution in [-0.2, 0) is 0 Å². The summed E-state index contributed by atoms with van der Waals surface area (Å²) in [5, 5.41) is 0. The molecule has 4 rings (SSSR count). The highest BCUT2D eigenvalue weighted by Crippen LogP contribution is 2.36. The second kappa shape index (κ2) is 4.10. The van der Waals surface area contributed by atoms with Crippen molar-refractivity contribution >= 4 is 23.5 Å². The molecule has 0 radical (unpaired) electrons. The van der Waals surface area contributed by atoms with Crippen molar-refractivity contribution < 1.29 is 4.79 Å². The van der Waals surface area contributed by atoms with Crippen LogP contribution in [0.3, 0.4) is 0 Å². The molecule has 0 atom stereocenters. The molecule has 0 spiro atoms. The Morgan fingerprint density at radius 3 is 3.10 bits per heavy atom. The van der Waals surface area contributed by atoms with Crippen LogP contribution >= 0.6 is 0 Å². The first kappa shape index (κ1) is 11.5. The van der Waals surface area contributed by atoms with Gasteiger partial charge in [-0.05, 0) is 12.1 Å². The number of rotatable bonds is 2. The molecule has 0 unspecified atom stereocenters. The number of imidazole rings is 1. The lowest BCUT2D eigenvalue weighted by Gasteiger charge is -2.25. The lowest BCUT2D eigenvalue weighted by atomic mass is 10.2. The summed E-state index contributed by atoms with van der Waals surface area (Å²) >= 11 is 0. The van der Waals surface area contributed by atoms with Gasteiger partial charge in [0.2, 0.25) is 0 Å². The molecule has 2 bridgehead atoms. The van der Waals surface area contributed by atoms with Crippen molar-refractivity contribution in [3.05, 3.63) is 42.4 Å². The first-order chi connectivity index (χ1) is 10.2. The molecule has 0 saturated carbocycles. The topological polar surface area (TPSA) is 114 Å². The van der Waals surface area contributed by atoms with Gasteiger partial charge in [0.25, 0.3) is 5.91 Å². The van der Waals surface area contributed by atoms with E-state index in [9.17, 15) is 4.79 Å². The highest BCUT2D eigenvalue weighted by Gasteiger charge is 2.25. The van der Waals surface area contributed by atoms with Crippen LogP contribution in [-0.4, -0.2) is 30.8 Å². The third-order valence-corrected chi connectivity index (χ3v) is 3.22. The number of nitrogens with zero attached hydrogens (tertiary/aromatic N) is 5. The number of H-pyrrole nitrogens is 1. The van der Waals surface area contributed by atoms with Crippen molar-refractivity contribution in [2.24, 2.45) is 5.73 Å². The number of fused-ring (bicyclic) bond motifs is 4. The summed E-state index contributed by atoms with van der Waals surface area (Å²) in [5.41, 5.74) is 6.94. The minimum Gasteiger partial charge on any atom is -0.365 e. The Bertz CT molecular complexity index is 853. The summed E-state index contributed by atoms with van der Waals surface area (Å²) in [7, 11) is 0. The molecule has 0 saturated heterocycles. The summed E-state index contributed by atoms with van der Waals surface area (Å²) in [6.07, 6.45) is 8.07. The van der Waals surface area contributed by atoms with Gasteiger partial charge in [0, 0.05) is 18.6 Å². The van der Waals surface area contributed by atoms with Gasteiger partial charge in [-0.25, -0.2) is 15.0 Å². The molecule has 21 heavy (non-hydrogen) atoms. The van der Waals surface area contributed by atoms with E-state index in [0.29, 0.717) is 34.4 Å². The maximum atomic E-state index is 11.6. The number of aromatic nitrogens is 5. The van der Waals surface area contributed by atoms with E-state index < -0.39 is 5.91 Å². The van der Waals surface area contributed by atoms with Gasteiger partial charge in [-0.3, -0.25) is 14.7 Å². The van der Waals surface area contributed by atoms with Gasteiger partial charge in [-0.1, -0.05) is 0 Å². The lowest BCUT2D eigenvalue weighted by Crippen LogP contribution is -2.21. The fraction of sp³-hybridized carbons (Fsp3) is 0. The Balaban J connectivity index is 1.94. The van der Waals surface area contributed by atoms with E-state index in [1.165, 1.54) is 12.5 Å². The number of anilines is 2. The normalized spacial score (nSPS) is 12.9. The fourth-order valence-corrected chi connectivity index (χ4v) is 2.28. The largest absolute Gasteiger partial charge is 0.365 e. The monoisotopic (exact) mass is 279 g/mol. The van der Waals surface area contributed by atoms with E-state index in [-0.39, 0.29) is 0 Å². The van der Waals surface area contributed by atoms with Crippen LogP contribution in [0.5, 0.6) is 0 Å². The van der Waals surface area contributed by atoms with E-state index in [0.717, 1.165) is 0 Å². The number of hydrogen-bond acceptors (Lipinski definition) is 6. The van der Waals surface area contributed by atoms with Crippen LogP contribution in [0.1, 0.15) is 16.2 Å². The minimum atomic E-state index is -0.551. The maximum absolute atomic E-state index is 11.6. The van der Waals surface area contributed by atoms with Gasteiger partial charge in [0.15, 0.2) is 17.3 Å². The third-order valence-electron chi connectivity index (χ3n) is 3.22. The Hall–Kier alpha value is -3.29. The molecule has 8 heteroatoms. The standard InChI is InChI=1S/C13H9N7O/c14-11(21)7-5-15-3-1-8(7)20-4-2-9-18-12-10(13(20)19-9)16-6-17-12/h1-6H,(H2,14,21)(H,16,17,18,19). The van der Waals surface area contributed by atoms with Gasteiger partial charge in [0.1, 0.15) is 12.2 Å². The average Bonchev–Trinajstić information content (AvgIpc) is 2.96. The molecule has 0 aromatic carbocycles. The zero-order valence-electron chi connectivity index (χ0n) is 10.7. The molecule has 1 aromatic heterocycles. The first-order valence-corrected chi connectivity index (χ1v) is 6.16. The fourth-order valence-electron chi connectivity index (χ4n) is 2.28. The van der Waals surface area contributed by atoms with Crippen LogP contribution in [0.2, 0.25) is 0 Å². The zero-order valence-corrected chi connectivity index (χ0v) is 10.7. The van der Waals surface area contributed by atoms with E-state index >= 15 is 0 Å². The number of nitrogens with two attached hydrogens (primary N) is 1. The van der Waals surface area contributed by atoms with Crippen LogP contribution in [0, 0.1) is 0 Å². The van der Waals surface area contributed by atoms with Gasteiger partial charge in [0.05, 0.1) is 11.3 Å². The number of hydrogen-bond donors (Lipinski definition) is 2. The second-order valence-electron chi connectivity index (χ2n) is 4.46. The minimum absolute atomic E-state index is 0.313. The highest BCUT2D eigenvalue weighted by atomic mass is 16.1. The first-order valence-electron chi connectivity index (χ1n) is 6.16. The molecule has 102 valence electrons. The second-order valence-corrected chi connectivity index (χ2v) is 4.46. The van der Waals surface area contributed by atoms with E-state index in [4.69, 9.17) is 5.73 Å². The van der Waals surface area contributed by atoms with Gasteiger partial charge < -0.3 is 10.7 Å². The molecule has 8 nitrogen and oxygen atoms in total. The Morgan fingerprint density at radius 2 is 2.24 bits per heavy atom. The molecule has 3 aliphatic heterocycles. The van der Waals surface area contributed by atoms with Gasteiger partial charge in [-0.15, -0.1) is 0 Å². The Morgan fingerprint density at radius 1 is 1.33 bits per heavy atom. The summed E-state index contributed by atoms with van der Waals surface area (Å²) < 4.78 is 0. The number of aromatic amines is 1. The number of carbonyl (C=O) groups is 1. The van der Waals surface area contributed by atoms with Crippen molar-refractivity contribution in [2.75, 3.05) is 4.90 Å². The third kappa shape index (κ3) is 1.66. The molecule has 1 aromatic rings. The molecular weight excluding hydrogens is 270 g/mol. The molecular formula is C13H9N7O. The van der Waals surface area contributed by atoms with Crippen LogP contribution < -0.4 is 10.6 Å². The Kier molecular flexibility index (Phi) is 2.25. The average molecular weight is 279 g/mol. The quantitative estimate of drug-likeness (QED) is 0.721. The number of amides is 1. The molecule has 3 aliphatic rings. The summed E-state index contributed by atoms with van der Waals surface area (Å²) in [5.74, 6) is 1.35. The molecule has 1 amide bonds. The van der Waals surface area contributed by atoms with Crippen LogP contribution in [0.4, 0.5) is 11.5 Å². The van der Waals surface area contributed by atoms with Crippen LogP contribution in [0.15, 0.2) is 31.0 Å². The molecule has 3 N–H and O–H groups in total. The molecule has 0 fully saturated rings. The number of pyridine rings is 1. The molecule has 0 aliphatic carbocycles. The SMILES string of the molecule is NC(=O)c1cnccc1N1C=Cc2nc1c1ncnc-1[nH]2. The van der Waals surface area contributed by atoms with Crippen molar-refractivity contribution in [1.82, 2.24) is 24.9 Å². The highest BCUT2D eigenvalue weighted by molar-refractivity contribution is 6.00. The lowest BCUT2D eigenvalue weighted by molar-refractivity contribution is 0.100. The molecule has 4 heterocycles. The van der Waals surface area contributed by atoms with E-state index in [1.54, 1.807) is 29.4 Å². The van der Waals surface area contributed by atoms with Gasteiger partial charge in [-0.2, -0.15) is 0 Å². The maximum Gasteiger partial charge on any atom is 0.252 e. The van der Waals surface area contributed by atoms with Crippen LogP contribution in [0.25, 0.3) is 17.6 Å². The van der Waals surface area contributed by atoms with Crippen molar-refractivity contribution in [3.8, 4) is 11.5 Å². The predicted octanol–water partition coefficient (Wildman–Crippen LogP) is 0.921. The van der Waals surface area contributed by atoms with E-state index in [2.05, 4.69) is 24.9 Å². The van der Waals surface area contributed by atoms with Crippen molar-refractivity contribution in [1.29, 1.82) is 0 Å².